The number of anilines is 1. The van der Waals surface area contributed by atoms with E-state index in [9.17, 15) is 0 Å². The van der Waals surface area contributed by atoms with Crippen molar-refractivity contribution in [3.63, 3.8) is 0 Å². The summed E-state index contributed by atoms with van der Waals surface area (Å²) in [5.41, 5.74) is 4.66. The SMILES string of the molecule is C[C@@H]1CN2C(=N[C@@H](c3ccccn3)[C@H]2c2cccn2-c2ccc(N(C)C)cc2)S1. The smallest absolute Gasteiger partial charge is 0.160 e. The summed E-state index contributed by atoms with van der Waals surface area (Å²) in [7, 11) is 4.13. The second kappa shape index (κ2) is 7.26. The van der Waals surface area contributed by atoms with Crippen molar-refractivity contribution in [3.8, 4) is 5.69 Å². The third-order valence-electron chi connectivity index (χ3n) is 5.61. The van der Waals surface area contributed by atoms with Crippen molar-refractivity contribution in [2.24, 2.45) is 4.99 Å². The van der Waals surface area contributed by atoms with Crippen LogP contribution in [0.15, 0.2) is 72.0 Å². The summed E-state index contributed by atoms with van der Waals surface area (Å²) >= 11 is 1.88. The van der Waals surface area contributed by atoms with Crippen molar-refractivity contribution < 1.29 is 0 Å². The van der Waals surface area contributed by atoms with Gasteiger partial charge in [0.15, 0.2) is 5.17 Å². The van der Waals surface area contributed by atoms with Gasteiger partial charge >= 0.3 is 0 Å². The lowest BCUT2D eigenvalue weighted by atomic mass is 10.0. The third-order valence-corrected chi connectivity index (χ3v) is 6.71. The molecule has 0 aliphatic carbocycles. The summed E-state index contributed by atoms with van der Waals surface area (Å²) in [5, 5.41) is 1.71. The molecule has 1 fully saturated rings. The second-order valence-corrected chi connectivity index (χ2v) is 9.26. The number of hydrogen-bond acceptors (Lipinski definition) is 5. The molecule has 0 bridgehead atoms. The molecule has 4 heterocycles. The molecule has 3 aromatic rings. The van der Waals surface area contributed by atoms with E-state index in [0.29, 0.717) is 5.25 Å². The number of aromatic nitrogens is 2. The largest absolute Gasteiger partial charge is 0.378 e. The summed E-state index contributed by atoms with van der Waals surface area (Å²) in [6.07, 6.45) is 4.02. The lowest BCUT2D eigenvalue weighted by Gasteiger charge is -2.28. The summed E-state index contributed by atoms with van der Waals surface area (Å²) in [6.45, 7) is 3.29. The molecule has 0 radical (unpaired) electrons. The maximum absolute atomic E-state index is 5.10. The molecular formula is C23H25N5S. The summed E-state index contributed by atoms with van der Waals surface area (Å²) in [6, 6.07) is 19.4. The van der Waals surface area contributed by atoms with Gasteiger partial charge in [-0.1, -0.05) is 24.8 Å². The number of aliphatic imine (C=N–C) groups is 1. The first-order valence-electron chi connectivity index (χ1n) is 9.99. The zero-order valence-corrected chi connectivity index (χ0v) is 17.8. The standard InChI is InChI=1S/C23H25N5S/c1-16-15-28-22(21(25-23(28)29-16)19-7-4-5-13-24-19)20-8-6-14-27(20)18-11-9-17(10-12-18)26(2)3/h4-14,16,21-22H,15H2,1-3H3/t16-,21+,22-/m1/s1. The fourth-order valence-corrected chi connectivity index (χ4v) is 5.31. The Morgan fingerprint density at radius 2 is 1.86 bits per heavy atom. The fourth-order valence-electron chi connectivity index (χ4n) is 4.22. The molecule has 2 aliphatic heterocycles. The van der Waals surface area contributed by atoms with Crippen LogP contribution in [0, 0.1) is 0 Å². The van der Waals surface area contributed by atoms with E-state index in [2.05, 4.69) is 95.1 Å². The lowest BCUT2D eigenvalue weighted by molar-refractivity contribution is 0.312. The summed E-state index contributed by atoms with van der Waals surface area (Å²) in [4.78, 5) is 14.3. The number of nitrogens with zero attached hydrogens (tertiary/aromatic N) is 5. The monoisotopic (exact) mass is 403 g/mol. The molecule has 3 atom stereocenters. The Balaban J connectivity index is 1.56. The highest BCUT2D eigenvalue weighted by atomic mass is 32.2. The van der Waals surface area contributed by atoms with Crippen LogP contribution in [0.5, 0.6) is 0 Å². The van der Waals surface area contributed by atoms with Crippen LogP contribution in [0.2, 0.25) is 0 Å². The van der Waals surface area contributed by atoms with Crippen LogP contribution in [0.4, 0.5) is 5.69 Å². The van der Waals surface area contributed by atoms with E-state index in [0.717, 1.165) is 17.4 Å². The summed E-state index contributed by atoms with van der Waals surface area (Å²) in [5.74, 6) is 0. The van der Waals surface area contributed by atoms with Crippen molar-refractivity contribution in [1.82, 2.24) is 14.5 Å². The van der Waals surface area contributed by atoms with Gasteiger partial charge in [-0.3, -0.25) is 9.98 Å². The number of hydrogen-bond donors (Lipinski definition) is 0. The minimum atomic E-state index is 0.0147. The molecule has 5 rings (SSSR count). The Labute approximate surface area is 176 Å². The minimum absolute atomic E-state index is 0.0147. The van der Waals surface area contributed by atoms with Gasteiger partial charge in [0.2, 0.25) is 0 Å². The van der Waals surface area contributed by atoms with E-state index < -0.39 is 0 Å². The fraction of sp³-hybridized carbons (Fsp3) is 0.304. The zero-order chi connectivity index (χ0) is 20.0. The maximum Gasteiger partial charge on any atom is 0.160 e. The predicted octanol–water partition coefficient (Wildman–Crippen LogP) is 4.53. The van der Waals surface area contributed by atoms with Gasteiger partial charge in [-0.05, 0) is 48.5 Å². The molecule has 0 amide bonds. The highest BCUT2D eigenvalue weighted by Gasteiger charge is 2.44. The van der Waals surface area contributed by atoms with Crippen LogP contribution in [0.1, 0.15) is 30.4 Å². The van der Waals surface area contributed by atoms with Crippen LogP contribution in [-0.4, -0.2) is 45.5 Å². The Morgan fingerprint density at radius 1 is 1.03 bits per heavy atom. The van der Waals surface area contributed by atoms with Crippen molar-refractivity contribution >= 4 is 22.6 Å². The van der Waals surface area contributed by atoms with Crippen molar-refractivity contribution in [3.05, 3.63) is 78.4 Å². The maximum atomic E-state index is 5.10. The van der Waals surface area contributed by atoms with E-state index >= 15 is 0 Å². The zero-order valence-electron chi connectivity index (χ0n) is 16.9. The number of thioether (sulfide) groups is 1. The number of pyridine rings is 1. The molecule has 148 valence electrons. The van der Waals surface area contributed by atoms with Crippen molar-refractivity contribution in [2.75, 3.05) is 25.5 Å². The molecule has 0 N–H and O–H groups in total. The van der Waals surface area contributed by atoms with Gasteiger partial charge in [0.05, 0.1) is 11.7 Å². The highest BCUT2D eigenvalue weighted by molar-refractivity contribution is 8.14. The molecule has 5 nitrogen and oxygen atoms in total. The van der Waals surface area contributed by atoms with E-state index in [1.807, 2.05) is 24.0 Å². The first-order chi connectivity index (χ1) is 14.1. The average Bonchev–Trinajstić information content (AvgIpc) is 3.42. The first kappa shape index (κ1) is 18.3. The molecule has 6 heteroatoms. The third kappa shape index (κ3) is 3.21. The van der Waals surface area contributed by atoms with Gasteiger partial charge < -0.3 is 14.4 Å². The number of benzene rings is 1. The topological polar surface area (TPSA) is 36.7 Å². The van der Waals surface area contributed by atoms with Gasteiger partial charge in [-0.25, -0.2) is 0 Å². The Kier molecular flexibility index (Phi) is 4.59. The number of amidine groups is 1. The normalized spacial score (nSPS) is 23.2. The molecule has 2 aromatic heterocycles. The van der Waals surface area contributed by atoms with Crippen LogP contribution in [0.3, 0.4) is 0 Å². The van der Waals surface area contributed by atoms with Crippen molar-refractivity contribution in [1.29, 1.82) is 0 Å². The molecule has 2 aliphatic rings. The highest BCUT2D eigenvalue weighted by Crippen LogP contribution is 2.47. The quantitative estimate of drug-likeness (QED) is 0.641. The van der Waals surface area contributed by atoms with E-state index in [4.69, 9.17) is 4.99 Å². The van der Waals surface area contributed by atoms with Gasteiger partial charge in [0.25, 0.3) is 0 Å². The lowest BCUT2D eigenvalue weighted by Crippen LogP contribution is -2.30. The van der Waals surface area contributed by atoms with Crippen molar-refractivity contribution in [2.45, 2.75) is 24.3 Å². The van der Waals surface area contributed by atoms with Crippen LogP contribution >= 0.6 is 11.8 Å². The van der Waals surface area contributed by atoms with Gasteiger partial charge in [-0.15, -0.1) is 0 Å². The summed E-state index contributed by atoms with van der Waals surface area (Å²) < 4.78 is 2.30. The predicted molar refractivity (Wildman–Crippen MR) is 121 cm³/mol. The molecular weight excluding hydrogens is 378 g/mol. The molecule has 1 aromatic carbocycles. The van der Waals surface area contributed by atoms with Crippen LogP contribution in [-0.2, 0) is 0 Å². The Hall–Kier alpha value is -2.73. The van der Waals surface area contributed by atoms with Crippen LogP contribution in [0.25, 0.3) is 5.69 Å². The van der Waals surface area contributed by atoms with Crippen LogP contribution < -0.4 is 4.90 Å². The van der Waals surface area contributed by atoms with E-state index in [-0.39, 0.29) is 12.1 Å². The second-order valence-electron chi connectivity index (χ2n) is 7.85. The van der Waals surface area contributed by atoms with Gasteiger partial charge in [0, 0.05) is 55.4 Å². The molecule has 29 heavy (non-hydrogen) atoms. The Morgan fingerprint density at radius 3 is 2.59 bits per heavy atom. The molecule has 0 spiro atoms. The van der Waals surface area contributed by atoms with E-state index in [1.165, 1.54) is 17.1 Å². The number of rotatable bonds is 4. The minimum Gasteiger partial charge on any atom is -0.378 e. The average molecular weight is 404 g/mol. The Bertz CT molecular complexity index is 1020. The van der Waals surface area contributed by atoms with Gasteiger partial charge in [0.1, 0.15) is 6.04 Å². The molecule has 0 saturated carbocycles. The number of fused-ring (bicyclic) bond motifs is 1. The van der Waals surface area contributed by atoms with Gasteiger partial charge in [-0.2, -0.15) is 0 Å². The first-order valence-corrected chi connectivity index (χ1v) is 10.9. The molecule has 0 unspecified atom stereocenters. The van der Waals surface area contributed by atoms with E-state index in [1.54, 1.807) is 0 Å². The molecule has 1 saturated heterocycles.